The van der Waals surface area contributed by atoms with Gasteiger partial charge in [0.25, 0.3) is 7.82 Å². The van der Waals surface area contributed by atoms with Gasteiger partial charge >= 0.3 is 5.97 Å². The molecule has 9 nitrogen and oxygen atoms in total. The first-order valence-electron chi connectivity index (χ1n) is 31.0. The number of rotatable bonds is 56. The van der Waals surface area contributed by atoms with Crippen LogP contribution in [-0.2, 0) is 27.9 Å². The highest BCUT2D eigenvalue weighted by atomic mass is 31.2. The second kappa shape index (κ2) is 53.4. The van der Waals surface area contributed by atoms with E-state index < -0.39 is 26.6 Å². The van der Waals surface area contributed by atoms with Crippen LogP contribution < -0.4 is 10.2 Å². The average Bonchev–Trinajstić information content (AvgIpc) is 3.35. The third-order valence-corrected chi connectivity index (χ3v) is 14.8. The van der Waals surface area contributed by atoms with Crippen molar-refractivity contribution >= 4 is 19.7 Å². The lowest BCUT2D eigenvalue weighted by Crippen LogP contribution is -2.47. The van der Waals surface area contributed by atoms with E-state index in [0.29, 0.717) is 23.9 Å². The smallest absolute Gasteiger partial charge is 0.306 e. The molecule has 3 atom stereocenters. The number of unbranched alkanes of at least 4 members (excludes halogenated alkanes) is 36. The lowest BCUT2D eigenvalue weighted by Gasteiger charge is -2.30. The Balaban J connectivity index is 5.10. The quantitative estimate of drug-likeness (QED) is 0.0161. The second-order valence-electron chi connectivity index (χ2n) is 22.2. The zero-order valence-electron chi connectivity index (χ0n) is 48.8. The third kappa shape index (κ3) is 54.6. The number of nitrogens with one attached hydrogen (secondary N) is 1. The van der Waals surface area contributed by atoms with E-state index in [1.165, 1.54) is 173 Å². The number of esters is 1. The maximum atomic E-state index is 13.5. The van der Waals surface area contributed by atoms with Crippen molar-refractivity contribution in [1.82, 2.24) is 5.32 Å². The second-order valence-corrected chi connectivity index (χ2v) is 23.7. The van der Waals surface area contributed by atoms with Crippen molar-refractivity contribution in [2.45, 2.75) is 303 Å². The minimum atomic E-state index is -4.70. The highest BCUT2D eigenvalue weighted by Crippen LogP contribution is 2.38. The highest BCUT2D eigenvalue weighted by molar-refractivity contribution is 7.45. The summed E-state index contributed by atoms with van der Waals surface area (Å²) < 4.78 is 30.2. The van der Waals surface area contributed by atoms with Crippen LogP contribution >= 0.6 is 7.82 Å². The molecule has 0 heterocycles. The number of likely N-dealkylation sites (N-methyl/N-ethyl adjacent to an activating group) is 1. The number of amides is 1. The summed E-state index contributed by atoms with van der Waals surface area (Å²) in [6.07, 6.45) is 65.2. The van der Waals surface area contributed by atoms with Gasteiger partial charge in [0.2, 0.25) is 5.91 Å². The Hall–Kier alpha value is -2.03. The minimum Gasteiger partial charge on any atom is -0.756 e. The van der Waals surface area contributed by atoms with E-state index in [-0.39, 0.29) is 24.9 Å². The largest absolute Gasteiger partial charge is 0.756 e. The normalized spacial score (nSPS) is 14.0. The van der Waals surface area contributed by atoms with Gasteiger partial charge in [-0.2, -0.15) is 0 Å². The van der Waals surface area contributed by atoms with E-state index in [4.69, 9.17) is 13.8 Å². The van der Waals surface area contributed by atoms with Crippen LogP contribution in [0.4, 0.5) is 0 Å². The van der Waals surface area contributed by atoms with Gasteiger partial charge in [-0.25, -0.2) is 0 Å². The fraction of sp³-hybridized carbons (Fsp3) is 0.841. The van der Waals surface area contributed by atoms with Gasteiger partial charge < -0.3 is 28.5 Å². The molecule has 3 unspecified atom stereocenters. The fourth-order valence-corrected chi connectivity index (χ4v) is 9.78. The summed E-state index contributed by atoms with van der Waals surface area (Å²) in [5.41, 5.74) is 0. The highest BCUT2D eigenvalue weighted by Gasteiger charge is 2.27. The van der Waals surface area contributed by atoms with Gasteiger partial charge in [0, 0.05) is 12.8 Å². The number of allylic oxidation sites excluding steroid dienone is 7. The van der Waals surface area contributed by atoms with Gasteiger partial charge in [0.15, 0.2) is 0 Å². The Morgan fingerprint density at radius 1 is 0.493 bits per heavy atom. The molecule has 0 radical (unpaired) electrons. The lowest BCUT2D eigenvalue weighted by atomic mass is 10.0. The lowest BCUT2D eigenvalue weighted by molar-refractivity contribution is -0.870. The molecule has 0 aliphatic rings. The summed E-state index contributed by atoms with van der Waals surface area (Å²) in [6.45, 7) is 6.71. The van der Waals surface area contributed by atoms with Gasteiger partial charge in [-0.05, 0) is 51.0 Å². The summed E-state index contributed by atoms with van der Waals surface area (Å²) in [6, 6.07) is -0.896. The first-order chi connectivity index (χ1) is 35.4. The van der Waals surface area contributed by atoms with E-state index in [9.17, 15) is 19.0 Å². The Morgan fingerprint density at radius 3 is 1.30 bits per heavy atom. The van der Waals surface area contributed by atoms with E-state index in [2.05, 4.69) is 62.5 Å². The average molecular weight is 1050 g/mol. The number of quaternary nitrogens is 1. The Labute approximate surface area is 452 Å². The number of phosphoric ester groups is 1. The molecule has 1 amide bonds. The molecule has 428 valence electrons. The fourth-order valence-electron chi connectivity index (χ4n) is 9.05. The van der Waals surface area contributed by atoms with E-state index in [0.717, 1.165) is 77.0 Å². The summed E-state index contributed by atoms with van der Waals surface area (Å²) in [5, 5.41) is 3.01. The Kier molecular flexibility index (Phi) is 51.9. The van der Waals surface area contributed by atoms with E-state index >= 15 is 0 Å². The number of carbonyl (C=O) groups is 2. The molecule has 0 saturated carbocycles. The Morgan fingerprint density at radius 2 is 0.877 bits per heavy atom. The van der Waals surface area contributed by atoms with Gasteiger partial charge in [-0.1, -0.05) is 275 Å². The van der Waals surface area contributed by atoms with Crippen LogP contribution in [0.1, 0.15) is 290 Å². The number of nitrogens with zero attached hydrogens (tertiary/aromatic N) is 1. The first-order valence-corrected chi connectivity index (χ1v) is 32.4. The summed E-state index contributed by atoms with van der Waals surface area (Å²) in [5.74, 6) is -0.556. The van der Waals surface area contributed by atoms with Crippen LogP contribution in [0.3, 0.4) is 0 Å². The molecule has 0 bridgehead atoms. The number of hydrogen-bond acceptors (Lipinski definition) is 7. The SMILES string of the molecule is CC/C=C/C=C/C=C\CCCCCCCC(=O)NC(COP(=O)([O-])OCC[N+](C)(C)C)C(/C=C\CCCCCCCCCCC)OC(=O)CCCCCCCCCCCCCCCCCCCCCCCCC. The molecule has 0 aromatic heterocycles. The van der Waals surface area contributed by atoms with Crippen molar-refractivity contribution in [3.8, 4) is 0 Å². The van der Waals surface area contributed by atoms with Crippen LogP contribution in [-0.4, -0.2) is 69.4 Å². The molecular formula is C63H119N2O7P. The molecule has 0 aliphatic heterocycles. The molecule has 0 spiro atoms. The van der Waals surface area contributed by atoms with Crippen molar-refractivity contribution in [2.24, 2.45) is 0 Å². The number of hydrogen-bond donors (Lipinski definition) is 1. The first kappa shape index (κ1) is 71.0. The minimum absolute atomic E-state index is 0.0259. The number of carbonyl (C=O) groups excluding carboxylic acids is 2. The van der Waals surface area contributed by atoms with Crippen molar-refractivity contribution in [2.75, 3.05) is 40.9 Å². The van der Waals surface area contributed by atoms with Crippen LogP contribution in [0.2, 0.25) is 0 Å². The predicted molar refractivity (Wildman–Crippen MR) is 312 cm³/mol. The molecule has 10 heteroatoms. The predicted octanol–water partition coefficient (Wildman–Crippen LogP) is 18.3. The van der Waals surface area contributed by atoms with Crippen LogP contribution in [0.25, 0.3) is 0 Å². The van der Waals surface area contributed by atoms with Crippen molar-refractivity contribution < 1.29 is 37.3 Å². The van der Waals surface area contributed by atoms with Crippen molar-refractivity contribution in [1.29, 1.82) is 0 Å². The van der Waals surface area contributed by atoms with Crippen LogP contribution in [0.5, 0.6) is 0 Å². The van der Waals surface area contributed by atoms with Crippen molar-refractivity contribution in [3.05, 3.63) is 48.6 Å². The van der Waals surface area contributed by atoms with Crippen LogP contribution in [0, 0.1) is 0 Å². The van der Waals surface area contributed by atoms with Crippen LogP contribution in [0.15, 0.2) is 48.6 Å². The molecule has 0 rings (SSSR count). The van der Waals surface area contributed by atoms with E-state index in [1.807, 2.05) is 33.3 Å². The molecule has 0 saturated heterocycles. The van der Waals surface area contributed by atoms with Gasteiger partial charge in [-0.3, -0.25) is 14.2 Å². The zero-order chi connectivity index (χ0) is 53.6. The zero-order valence-corrected chi connectivity index (χ0v) is 49.7. The standard InChI is InChI=1S/C63H119N2O7P/c1-7-10-13-16-19-22-25-27-28-29-30-31-32-33-34-35-36-38-41-44-47-50-53-56-63(67)72-61(54-51-48-45-42-39-24-21-18-15-12-9-3)60(59-71-73(68,69)70-58-57-65(4,5)6)64-62(66)55-52-49-46-43-40-37-26-23-20-17-14-11-8-2/h11,14,17,20,23,26,51,54,60-61H,7-10,12-13,15-16,18-19,21-22,24-25,27-50,52-53,55-59H2,1-6H3,(H-,64,66,68,69)/b14-11+,20-17+,26-23-,54-51-. The number of phosphoric acid groups is 1. The Bertz CT molecular complexity index is 1390. The number of ether oxygens (including phenoxy) is 1. The maximum absolute atomic E-state index is 13.5. The monoisotopic (exact) mass is 1050 g/mol. The molecule has 0 aromatic carbocycles. The van der Waals surface area contributed by atoms with Crippen molar-refractivity contribution in [3.63, 3.8) is 0 Å². The third-order valence-electron chi connectivity index (χ3n) is 13.8. The molecular weight excluding hydrogens is 928 g/mol. The molecule has 73 heavy (non-hydrogen) atoms. The molecule has 0 aliphatic carbocycles. The summed E-state index contributed by atoms with van der Waals surface area (Å²) in [4.78, 5) is 39.9. The van der Waals surface area contributed by atoms with E-state index in [1.54, 1.807) is 0 Å². The maximum Gasteiger partial charge on any atom is 0.306 e. The topological polar surface area (TPSA) is 114 Å². The van der Waals surface area contributed by atoms with Gasteiger partial charge in [-0.15, -0.1) is 0 Å². The molecule has 1 N–H and O–H groups in total. The van der Waals surface area contributed by atoms with Gasteiger partial charge in [0.05, 0.1) is 33.8 Å². The summed E-state index contributed by atoms with van der Waals surface area (Å²) in [7, 11) is 1.18. The summed E-state index contributed by atoms with van der Waals surface area (Å²) >= 11 is 0. The molecule has 0 fully saturated rings. The van der Waals surface area contributed by atoms with Gasteiger partial charge in [0.1, 0.15) is 19.3 Å². The molecule has 0 aromatic rings.